The van der Waals surface area contributed by atoms with E-state index in [1.54, 1.807) is 48.4 Å². The summed E-state index contributed by atoms with van der Waals surface area (Å²) in [4.78, 5) is 47.2. The molecule has 2 atom stereocenters. The largest absolute Gasteiger partial charge is 0.497 e. The third kappa shape index (κ3) is 4.66. The number of amides is 4. The molecule has 4 aromatic carbocycles. The Labute approximate surface area is 253 Å². The average molecular weight is 589 g/mol. The number of methoxy groups -OCH3 is 1. The fourth-order valence-corrected chi connectivity index (χ4v) is 6.31. The monoisotopic (exact) mass is 588 g/mol. The van der Waals surface area contributed by atoms with Crippen molar-refractivity contribution in [2.75, 3.05) is 18.6 Å². The number of carbonyl (C=O) groups is 3. The molecule has 1 aromatic heterocycles. The molecular formula is C35H29FN4O4. The smallest absolute Gasteiger partial charge is 0.332 e. The molecule has 4 amide bonds. The van der Waals surface area contributed by atoms with Crippen LogP contribution < -0.4 is 15.0 Å². The zero-order chi connectivity index (χ0) is 30.4. The number of fused-ring (bicyclic) bond motifs is 4. The first-order valence-electron chi connectivity index (χ1n) is 14.5. The molecule has 1 saturated heterocycles. The number of para-hydroxylation sites is 1. The van der Waals surface area contributed by atoms with Gasteiger partial charge in [0.2, 0.25) is 0 Å². The number of hydrogen-bond donors (Lipinski definition) is 2. The highest BCUT2D eigenvalue weighted by Crippen LogP contribution is 2.45. The Morgan fingerprint density at radius 1 is 0.977 bits per heavy atom. The molecule has 220 valence electrons. The van der Waals surface area contributed by atoms with Crippen LogP contribution in [-0.4, -0.2) is 47.4 Å². The molecule has 0 radical (unpaired) electrons. The maximum atomic E-state index is 14.1. The lowest BCUT2D eigenvalue weighted by atomic mass is 9.89. The summed E-state index contributed by atoms with van der Waals surface area (Å²) in [7, 11) is 1.60. The van der Waals surface area contributed by atoms with Crippen molar-refractivity contribution >= 4 is 34.4 Å². The van der Waals surface area contributed by atoms with Gasteiger partial charge in [-0.25, -0.2) is 14.1 Å². The number of aromatic nitrogens is 1. The standard InChI is InChI=1S/C35H29FN4O4/c1-44-26-6-4-5-23(19-26)32-31-28(27-7-2-3-8-29(27)38-31)20-30-34(42)39(35(43)40(30)32)25-15-11-22(12-16-25)33(41)37-18-17-21-9-13-24(36)14-10-21/h2-16,19,30,32,38H,17-18,20H2,1H3,(H,37,41). The highest BCUT2D eigenvalue weighted by atomic mass is 19.1. The van der Waals surface area contributed by atoms with E-state index in [1.807, 2.05) is 48.5 Å². The minimum Gasteiger partial charge on any atom is -0.497 e. The predicted octanol–water partition coefficient (Wildman–Crippen LogP) is 5.77. The molecule has 8 nitrogen and oxygen atoms in total. The first kappa shape index (κ1) is 27.4. The van der Waals surface area contributed by atoms with Gasteiger partial charge in [-0.15, -0.1) is 0 Å². The maximum Gasteiger partial charge on any atom is 0.332 e. The Bertz CT molecular complexity index is 1900. The van der Waals surface area contributed by atoms with Crippen molar-refractivity contribution in [1.82, 2.24) is 15.2 Å². The quantitative estimate of drug-likeness (QED) is 0.236. The van der Waals surface area contributed by atoms with Gasteiger partial charge in [-0.3, -0.25) is 14.5 Å². The summed E-state index contributed by atoms with van der Waals surface area (Å²) in [5.74, 6) is -0.236. The Morgan fingerprint density at radius 2 is 1.75 bits per heavy atom. The van der Waals surface area contributed by atoms with Crippen LogP contribution in [0.5, 0.6) is 5.75 Å². The zero-order valence-corrected chi connectivity index (χ0v) is 23.9. The second-order valence-electron chi connectivity index (χ2n) is 11.0. The van der Waals surface area contributed by atoms with Gasteiger partial charge >= 0.3 is 6.03 Å². The first-order valence-corrected chi connectivity index (χ1v) is 14.5. The molecule has 5 aromatic rings. The molecule has 1 fully saturated rings. The number of carbonyl (C=O) groups excluding carboxylic acids is 3. The molecule has 2 aliphatic heterocycles. The van der Waals surface area contributed by atoms with Crippen LogP contribution in [0.3, 0.4) is 0 Å². The number of halogens is 1. The van der Waals surface area contributed by atoms with Crippen molar-refractivity contribution in [2.24, 2.45) is 0 Å². The molecule has 2 N–H and O–H groups in total. The summed E-state index contributed by atoms with van der Waals surface area (Å²) in [6.45, 7) is 0.381. The van der Waals surface area contributed by atoms with E-state index >= 15 is 0 Å². The molecular weight excluding hydrogens is 559 g/mol. The minimum atomic E-state index is -0.695. The summed E-state index contributed by atoms with van der Waals surface area (Å²) in [6.07, 6.45) is 0.944. The molecule has 9 heteroatoms. The molecule has 2 aliphatic rings. The lowest BCUT2D eigenvalue weighted by molar-refractivity contribution is -0.120. The van der Waals surface area contributed by atoms with Crippen LogP contribution in [0.2, 0.25) is 0 Å². The van der Waals surface area contributed by atoms with Gasteiger partial charge in [-0.2, -0.15) is 0 Å². The minimum absolute atomic E-state index is 0.279. The van der Waals surface area contributed by atoms with Crippen LogP contribution in [0.4, 0.5) is 14.9 Å². The summed E-state index contributed by atoms with van der Waals surface area (Å²) < 4.78 is 18.6. The second kappa shape index (κ2) is 11.0. The van der Waals surface area contributed by atoms with Crippen molar-refractivity contribution in [3.63, 3.8) is 0 Å². The Hall–Kier alpha value is -5.44. The van der Waals surface area contributed by atoms with Crippen LogP contribution >= 0.6 is 0 Å². The number of benzene rings is 4. The number of hydrogen-bond acceptors (Lipinski definition) is 4. The van der Waals surface area contributed by atoms with E-state index in [9.17, 15) is 18.8 Å². The van der Waals surface area contributed by atoms with E-state index < -0.39 is 18.1 Å². The number of aromatic amines is 1. The van der Waals surface area contributed by atoms with E-state index in [0.717, 1.165) is 33.3 Å². The van der Waals surface area contributed by atoms with Crippen LogP contribution in [0.15, 0.2) is 97.1 Å². The van der Waals surface area contributed by atoms with E-state index in [1.165, 1.54) is 17.0 Å². The normalized spacial score (nSPS) is 17.5. The zero-order valence-electron chi connectivity index (χ0n) is 23.9. The highest BCUT2D eigenvalue weighted by molar-refractivity contribution is 6.22. The number of H-pyrrole nitrogens is 1. The summed E-state index contributed by atoms with van der Waals surface area (Å²) in [6, 6.07) is 26.5. The van der Waals surface area contributed by atoms with E-state index in [0.29, 0.717) is 36.4 Å². The predicted molar refractivity (Wildman–Crippen MR) is 164 cm³/mol. The van der Waals surface area contributed by atoms with Crippen LogP contribution in [0.1, 0.15) is 38.8 Å². The molecule has 44 heavy (non-hydrogen) atoms. The third-order valence-electron chi connectivity index (χ3n) is 8.46. The molecule has 0 aliphatic carbocycles. The highest BCUT2D eigenvalue weighted by Gasteiger charge is 2.53. The number of nitrogens with one attached hydrogen (secondary N) is 2. The summed E-state index contributed by atoms with van der Waals surface area (Å²) >= 11 is 0. The van der Waals surface area contributed by atoms with Crippen molar-refractivity contribution in [2.45, 2.75) is 24.9 Å². The van der Waals surface area contributed by atoms with Gasteiger partial charge in [0.25, 0.3) is 11.8 Å². The van der Waals surface area contributed by atoms with E-state index in [-0.39, 0.29) is 17.6 Å². The topological polar surface area (TPSA) is 94.7 Å². The number of anilines is 1. The Morgan fingerprint density at radius 3 is 2.52 bits per heavy atom. The number of rotatable bonds is 7. The van der Waals surface area contributed by atoms with Crippen LogP contribution in [0, 0.1) is 5.82 Å². The van der Waals surface area contributed by atoms with E-state index in [4.69, 9.17) is 4.74 Å². The van der Waals surface area contributed by atoms with Gasteiger partial charge < -0.3 is 15.0 Å². The molecule has 7 rings (SSSR count). The third-order valence-corrected chi connectivity index (χ3v) is 8.46. The molecule has 0 bridgehead atoms. The number of imide groups is 1. The van der Waals surface area contributed by atoms with Crippen LogP contribution in [0.25, 0.3) is 10.9 Å². The summed E-state index contributed by atoms with van der Waals surface area (Å²) in [5.41, 5.74) is 5.40. The number of nitrogens with zero attached hydrogens (tertiary/aromatic N) is 2. The lowest BCUT2D eigenvalue weighted by Crippen LogP contribution is -2.44. The van der Waals surface area contributed by atoms with Crippen molar-refractivity contribution in [1.29, 1.82) is 0 Å². The van der Waals surface area contributed by atoms with Crippen LogP contribution in [-0.2, 0) is 17.6 Å². The van der Waals surface area contributed by atoms with Gasteiger partial charge in [0.15, 0.2) is 0 Å². The molecule has 2 unspecified atom stereocenters. The van der Waals surface area contributed by atoms with Gasteiger partial charge in [-0.1, -0.05) is 42.5 Å². The summed E-state index contributed by atoms with van der Waals surface area (Å²) in [5, 5.41) is 3.89. The number of ether oxygens (including phenoxy) is 1. The fraction of sp³-hybridized carbons (Fsp3) is 0.171. The average Bonchev–Trinajstić information content (AvgIpc) is 3.54. The van der Waals surface area contributed by atoms with E-state index in [2.05, 4.69) is 10.3 Å². The Balaban J connectivity index is 1.16. The van der Waals surface area contributed by atoms with Gasteiger partial charge in [0.1, 0.15) is 23.7 Å². The Kier molecular flexibility index (Phi) is 6.85. The van der Waals surface area contributed by atoms with Crippen molar-refractivity contribution in [3.05, 3.63) is 131 Å². The molecule has 3 heterocycles. The van der Waals surface area contributed by atoms with Gasteiger partial charge in [-0.05, 0) is 77.7 Å². The number of urea groups is 1. The van der Waals surface area contributed by atoms with Crippen molar-refractivity contribution in [3.8, 4) is 5.75 Å². The van der Waals surface area contributed by atoms with Gasteiger partial charge in [0, 0.05) is 35.1 Å². The van der Waals surface area contributed by atoms with Crippen molar-refractivity contribution < 1.29 is 23.5 Å². The fourth-order valence-electron chi connectivity index (χ4n) is 6.31. The SMILES string of the molecule is COc1cccc(C2c3[nH]c4ccccc4c3CC3C(=O)N(c4ccc(C(=O)NCCc5ccc(F)cc5)cc4)C(=O)N32)c1. The second-order valence-corrected chi connectivity index (χ2v) is 11.0. The van der Waals surface area contributed by atoms with Gasteiger partial charge in [0.05, 0.1) is 12.8 Å². The molecule has 0 spiro atoms. The maximum absolute atomic E-state index is 14.1. The lowest BCUT2D eigenvalue weighted by Gasteiger charge is -2.36. The molecule has 0 saturated carbocycles. The first-order chi connectivity index (χ1) is 21.4.